The van der Waals surface area contributed by atoms with Gasteiger partial charge in [0, 0.05) is 11.1 Å². The van der Waals surface area contributed by atoms with Gasteiger partial charge in [-0.05, 0) is 37.6 Å². The Hall–Kier alpha value is -2.17. The van der Waals surface area contributed by atoms with Crippen LogP contribution < -0.4 is 5.32 Å². The molecule has 0 spiro atoms. The summed E-state index contributed by atoms with van der Waals surface area (Å²) in [4.78, 5) is 11.9. The van der Waals surface area contributed by atoms with E-state index in [1.54, 1.807) is 13.1 Å². The molecule has 1 aromatic carbocycles. The highest BCUT2D eigenvalue weighted by atomic mass is 19.1. The van der Waals surface area contributed by atoms with Gasteiger partial charge in [-0.3, -0.25) is 9.89 Å². The van der Waals surface area contributed by atoms with E-state index >= 15 is 0 Å². The molecule has 1 aromatic heterocycles. The summed E-state index contributed by atoms with van der Waals surface area (Å²) in [5.41, 5.74) is 1.89. The molecule has 0 aliphatic heterocycles. The van der Waals surface area contributed by atoms with Crippen molar-refractivity contribution in [1.82, 2.24) is 10.2 Å². The molecule has 0 aliphatic carbocycles. The van der Waals surface area contributed by atoms with E-state index in [1.807, 2.05) is 6.92 Å². The zero-order valence-electron chi connectivity index (χ0n) is 9.54. The number of rotatable bonds is 2. The number of carbonyl (C=O) groups excluding carboxylic acids is 1. The van der Waals surface area contributed by atoms with Crippen LogP contribution >= 0.6 is 0 Å². The Morgan fingerprint density at radius 2 is 2.12 bits per heavy atom. The number of aromatic amines is 1. The molecule has 1 heterocycles. The molecule has 4 nitrogen and oxygen atoms in total. The van der Waals surface area contributed by atoms with Gasteiger partial charge in [0.05, 0.1) is 6.20 Å². The second-order valence-electron chi connectivity index (χ2n) is 3.84. The van der Waals surface area contributed by atoms with Gasteiger partial charge in [0.1, 0.15) is 11.6 Å². The maximum absolute atomic E-state index is 12.9. The van der Waals surface area contributed by atoms with E-state index in [1.165, 1.54) is 18.2 Å². The molecule has 0 saturated carbocycles. The number of nitrogens with zero attached hydrogens (tertiary/aromatic N) is 1. The van der Waals surface area contributed by atoms with Crippen molar-refractivity contribution in [3.8, 4) is 0 Å². The number of aryl methyl sites for hydroxylation is 2. The van der Waals surface area contributed by atoms with Gasteiger partial charge in [-0.1, -0.05) is 0 Å². The normalized spacial score (nSPS) is 10.3. The van der Waals surface area contributed by atoms with Crippen LogP contribution in [0.25, 0.3) is 0 Å². The maximum atomic E-state index is 12.9. The second kappa shape index (κ2) is 4.37. The second-order valence-corrected chi connectivity index (χ2v) is 3.84. The lowest BCUT2D eigenvalue weighted by molar-refractivity contribution is 0.102. The number of anilines is 1. The van der Waals surface area contributed by atoms with Crippen molar-refractivity contribution in [2.45, 2.75) is 13.8 Å². The molecule has 5 heteroatoms. The van der Waals surface area contributed by atoms with Crippen molar-refractivity contribution in [3.63, 3.8) is 0 Å². The first-order valence-corrected chi connectivity index (χ1v) is 5.15. The third-order valence-corrected chi connectivity index (χ3v) is 2.50. The predicted molar refractivity (Wildman–Crippen MR) is 62.4 cm³/mol. The SMILES string of the molecule is Cc1cc(F)ccc1C(=O)Nc1[nH]ncc1C. The molecule has 0 saturated heterocycles. The number of hydrogen-bond acceptors (Lipinski definition) is 2. The summed E-state index contributed by atoms with van der Waals surface area (Å²) in [5, 5.41) is 9.17. The molecule has 0 atom stereocenters. The first kappa shape index (κ1) is 11.3. The van der Waals surface area contributed by atoms with Crippen LogP contribution in [0, 0.1) is 19.7 Å². The number of benzene rings is 1. The molecule has 17 heavy (non-hydrogen) atoms. The Balaban J connectivity index is 2.23. The van der Waals surface area contributed by atoms with Gasteiger partial charge in [0.2, 0.25) is 0 Å². The number of halogens is 1. The van der Waals surface area contributed by atoms with Crippen molar-refractivity contribution in [3.05, 3.63) is 46.9 Å². The van der Waals surface area contributed by atoms with Crippen LogP contribution in [0.15, 0.2) is 24.4 Å². The molecule has 0 unspecified atom stereocenters. The Kier molecular flexibility index (Phi) is 2.91. The van der Waals surface area contributed by atoms with E-state index in [2.05, 4.69) is 15.5 Å². The van der Waals surface area contributed by atoms with Gasteiger partial charge in [-0.15, -0.1) is 0 Å². The van der Waals surface area contributed by atoms with Gasteiger partial charge >= 0.3 is 0 Å². The standard InChI is InChI=1S/C12H12FN3O/c1-7-5-9(13)3-4-10(7)12(17)15-11-8(2)6-14-16-11/h3-6H,1-2H3,(H2,14,15,16,17). The lowest BCUT2D eigenvalue weighted by Gasteiger charge is -2.06. The fourth-order valence-electron chi connectivity index (χ4n) is 1.54. The third kappa shape index (κ3) is 2.33. The van der Waals surface area contributed by atoms with E-state index in [4.69, 9.17) is 0 Å². The summed E-state index contributed by atoms with van der Waals surface area (Å²) in [6.07, 6.45) is 1.62. The summed E-state index contributed by atoms with van der Waals surface area (Å²) in [6, 6.07) is 4.06. The number of carbonyl (C=O) groups is 1. The van der Waals surface area contributed by atoms with Gasteiger partial charge in [0.25, 0.3) is 5.91 Å². The molecular weight excluding hydrogens is 221 g/mol. The molecule has 0 aliphatic rings. The Labute approximate surface area is 97.9 Å². The van der Waals surface area contributed by atoms with Crippen LogP contribution in [0.3, 0.4) is 0 Å². The lowest BCUT2D eigenvalue weighted by Crippen LogP contribution is -2.14. The molecule has 0 radical (unpaired) electrons. The van der Waals surface area contributed by atoms with Crippen molar-refractivity contribution < 1.29 is 9.18 Å². The van der Waals surface area contributed by atoms with Gasteiger partial charge in [-0.25, -0.2) is 4.39 Å². The minimum absolute atomic E-state index is 0.283. The maximum Gasteiger partial charge on any atom is 0.257 e. The quantitative estimate of drug-likeness (QED) is 0.836. The summed E-state index contributed by atoms with van der Waals surface area (Å²) >= 11 is 0. The van der Waals surface area contributed by atoms with Gasteiger partial charge in [0.15, 0.2) is 0 Å². The van der Waals surface area contributed by atoms with E-state index in [0.717, 1.165) is 5.56 Å². The van der Waals surface area contributed by atoms with Gasteiger partial charge < -0.3 is 5.32 Å². The Bertz CT molecular complexity index is 563. The molecule has 2 aromatic rings. The summed E-state index contributed by atoms with van der Waals surface area (Å²) < 4.78 is 12.9. The monoisotopic (exact) mass is 233 g/mol. The van der Waals surface area contributed by atoms with E-state index in [9.17, 15) is 9.18 Å². The van der Waals surface area contributed by atoms with Gasteiger partial charge in [-0.2, -0.15) is 5.10 Å². The Morgan fingerprint density at radius 3 is 2.71 bits per heavy atom. The minimum Gasteiger partial charge on any atom is -0.307 e. The predicted octanol–water partition coefficient (Wildman–Crippen LogP) is 2.42. The van der Waals surface area contributed by atoms with Crippen molar-refractivity contribution in [2.75, 3.05) is 5.32 Å². The number of H-pyrrole nitrogens is 1. The highest BCUT2D eigenvalue weighted by Gasteiger charge is 2.11. The summed E-state index contributed by atoms with van der Waals surface area (Å²) in [7, 11) is 0. The highest BCUT2D eigenvalue weighted by Crippen LogP contribution is 2.14. The molecule has 88 valence electrons. The highest BCUT2D eigenvalue weighted by molar-refractivity contribution is 6.05. The first-order valence-electron chi connectivity index (χ1n) is 5.15. The van der Waals surface area contributed by atoms with Crippen molar-refractivity contribution in [2.24, 2.45) is 0 Å². The van der Waals surface area contributed by atoms with E-state index in [-0.39, 0.29) is 11.7 Å². The van der Waals surface area contributed by atoms with Crippen LogP contribution in [0.4, 0.5) is 10.2 Å². The van der Waals surface area contributed by atoms with Crippen LogP contribution in [0.2, 0.25) is 0 Å². The van der Waals surface area contributed by atoms with Crippen LogP contribution in [0.5, 0.6) is 0 Å². The van der Waals surface area contributed by atoms with Crippen LogP contribution in [0.1, 0.15) is 21.5 Å². The largest absolute Gasteiger partial charge is 0.307 e. The number of nitrogens with one attached hydrogen (secondary N) is 2. The third-order valence-electron chi connectivity index (χ3n) is 2.50. The minimum atomic E-state index is -0.350. The van der Waals surface area contributed by atoms with Crippen molar-refractivity contribution >= 4 is 11.7 Å². The number of aromatic nitrogens is 2. The molecule has 0 fully saturated rings. The first-order chi connectivity index (χ1) is 8.08. The number of amides is 1. The molecule has 1 amide bonds. The fraction of sp³-hybridized carbons (Fsp3) is 0.167. The topological polar surface area (TPSA) is 57.8 Å². The zero-order chi connectivity index (χ0) is 12.4. The number of hydrogen-bond donors (Lipinski definition) is 2. The average molecular weight is 233 g/mol. The van der Waals surface area contributed by atoms with Crippen molar-refractivity contribution in [1.29, 1.82) is 0 Å². The molecule has 0 bridgehead atoms. The van der Waals surface area contributed by atoms with E-state index < -0.39 is 0 Å². The smallest absolute Gasteiger partial charge is 0.257 e. The fourth-order valence-corrected chi connectivity index (χ4v) is 1.54. The van der Waals surface area contributed by atoms with Crippen LogP contribution in [-0.4, -0.2) is 16.1 Å². The average Bonchev–Trinajstić information content (AvgIpc) is 2.64. The Morgan fingerprint density at radius 1 is 1.35 bits per heavy atom. The summed E-state index contributed by atoms with van der Waals surface area (Å²) in [6.45, 7) is 3.52. The molecule has 2 rings (SSSR count). The van der Waals surface area contributed by atoms with E-state index in [0.29, 0.717) is 16.9 Å². The lowest BCUT2D eigenvalue weighted by atomic mass is 10.1. The zero-order valence-corrected chi connectivity index (χ0v) is 9.54. The van der Waals surface area contributed by atoms with Crippen LogP contribution in [-0.2, 0) is 0 Å². The summed E-state index contributed by atoms with van der Waals surface area (Å²) in [5.74, 6) is -0.0784. The molecule has 2 N–H and O–H groups in total. The molecular formula is C12H12FN3O.